The summed E-state index contributed by atoms with van der Waals surface area (Å²) in [6.45, 7) is 0. The number of methoxy groups -OCH3 is 1. The van der Waals surface area contributed by atoms with Crippen LogP contribution in [-0.2, 0) is 9.53 Å². The van der Waals surface area contributed by atoms with Crippen molar-refractivity contribution < 1.29 is 9.53 Å². The van der Waals surface area contributed by atoms with Gasteiger partial charge < -0.3 is 10.5 Å². The van der Waals surface area contributed by atoms with Crippen molar-refractivity contribution in [3.8, 4) is 0 Å². The molecule has 3 heteroatoms. The van der Waals surface area contributed by atoms with Crippen molar-refractivity contribution in [2.75, 3.05) is 7.11 Å². The smallest absolute Gasteiger partial charge is 0.305 e. The number of hydrogen-bond donors (Lipinski definition) is 1. The van der Waals surface area contributed by atoms with Gasteiger partial charge in [0.15, 0.2) is 0 Å². The fraction of sp³-hybridized carbons (Fsp3) is 0.267. The number of hydrogen-bond acceptors (Lipinski definition) is 3. The third kappa shape index (κ3) is 2.68. The SMILES string of the molecule is COC(=O)CCC(N)c1cccc2ccccc12. The van der Waals surface area contributed by atoms with E-state index in [2.05, 4.69) is 22.9 Å². The van der Waals surface area contributed by atoms with E-state index in [1.807, 2.05) is 24.3 Å². The van der Waals surface area contributed by atoms with Crippen LogP contribution >= 0.6 is 0 Å². The van der Waals surface area contributed by atoms with Crippen LogP contribution in [-0.4, -0.2) is 13.1 Å². The number of carbonyl (C=O) groups is 1. The molecule has 0 aliphatic heterocycles. The Hall–Kier alpha value is -1.87. The lowest BCUT2D eigenvalue weighted by Crippen LogP contribution is -2.13. The van der Waals surface area contributed by atoms with E-state index in [0.29, 0.717) is 12.8 Å². The van der Waals surface area contributed by atoms with Crippen LogP contribution in [0.15, 0.2) is 42.5 Å². The monoisotopic (exact) mass is 243 g/mol. The molecule has 0 spiro atoms. The molecular weight excluding hydrogens is 226 g/mol. The molecule has 2 aromatic carbocycles. The van der Waals surface area contributed by atoms with Gasteiger partial charge in [0.2, 0.25) is 0 Å². The van der Waals surface area contributed by atoms with Crippen LogP contribution in [0.2, 0.25) is 0 Å². The number of rotatable bonds is 4. The van der Waals surface area contributed by atoms with Crippen LogP contribution in [0, 0.1) is 0 Å². The molecule has 0 bridgehead atoms. The summed E-state index contributed by atoms with van der Waals surface area (Å²) in [6.07, 6.45) is 0.946. The van der Waals surface area contributed by atoms with Crippen LogP contribution in [0.3, 0.4) is 0 Å². The number of fused-ring (bicyclic) bond motifs is 1. The van der Waals surface area contributed by atoms with E-state index in [-0.39, 0.29) is 12.0 Å². The summed E-state index contributed by atoms with van der Waals surface area (Å²) >= 11 is 0. The molecule has 0 fully saturated rings. The van der Waals surface area contributed by atoms with Crippen molar-refractivity contribution in [2.24, 2.45) is 5.73 Å². The van der Waals surface area contributed by atoms with Crippen molar-refractivity contribution in [3.63, 3.8) is 0 Å². The zero-order valence-electron chi connectivity index (χ0n) is 10.4. The molecule has 0 saturated carbocycles. The van der Waals surface area contributed by atoms with E-state index < -0.39 is 0 Å². The minimum Gasteiger partial charge on any atom is -0.469 e. The van der Waals surface area contributed by atoms with E-state index in [1.54, 1.807) is 0 Å². The molecular formula is C15H17NO2. The first kappa shape index (κ1) is 12.6. The van der Waals surface area contributed by atoms with Crippen LogP contribution in [0.4, 0.5) is 0 Å². The fourth-order valence-electron chi connectivity index (χ4n) is 2.10. The normalized spacial score (nSPS) is 12.3. The summed E-state index contributed by atoms with van der Waals surface area (Å²) < 4.78 is 4.63. The summed E-state index contributed by atoms with van der Waals surface area (Å²) in [7, 11) is 1.39. The second-order valence-corrected chi connectivity index (χ2v) is 4.29. The second-order valence-electron chi connectivity index (χ2n) is 4.29. The van der Waals surface area contributed by atoms with Crippen molar-refractivity contribution in [1.29, 1.82) is 0 Å². The van der Waals surface area contributed by atoms with Gasteiger partial charge in [-0.25, -0.2) is 0 Å². The largest absolute Gasteiger partial charge is 0.469 e. The zero-order valence-corrected chi connectivity index (χ0v) is 10.4. The van der Waals surface area contributed by atoms with Gasteiger partial charge in [0.1, 0.15) is 0 Å². The van der Waals surface area contributed by atoms with Gasteiger partial charge >= 0.3 is 5.97 Å². The molecule has 2 N–H and O–H groups in total. The minimum absolute atomic E-state index is 0.143. The molecule has 18 heavy (non-hydrogen) atoms. The summed E-state index contributed by atoms with van der Waals surface area (Å²) in [6, 6.07) is 14.1. The zero-order chi connectivity index (χ0) is 13.0. The number of ether oxygens (including phenoxy) is 1. The number of benzene rings is 2. The van der Waals surface area contributed by atoms with Gasteiger partial charge in [-0.15, -0.1) is 0 Å². The van der Waals surface area contributed by atoms with Crippen molar-refractivity contribution in [1.82, 2.24) is 0 Å². The van der Waals surface area contributed by atoms with E-state index in [4.69, 9.17) is 5.73 Å². The Kier molecular flexibility index (Phi) is 3.95. The first-order valence-corrected chi connectivity index (χ1v) is 6.02. The van der Waals surface area contributed by atoms with Crippen molar-refractivity contribution in [3.05, 3.63) is 48.0 Å². The predicted octanol–water partition coefficient (Wildman–Crippen LogP) is 2.79. The van der Waals surface area contributed by atoms with Gasteiger partial charge in [-0.05, 0) is 22.8 Å². The highest BCUT2D eigenvalue weighted by Gasteiger charge is 2.11. The summed E-state index contributed by atoms with van der Waals surface area (Å²) in [5.41, 5.74) is 7.24. The molecule has 2 aromatic rings. The molecule has 0 heterocycles. The highest BCUT2D eigenvalue weighted by atomic mass is 16.5. The van der Waals surface area contributed by atoms with Gasteiger partial charge in [-0.3, -0.25) is 4.79 Å². The molecule has 0 saturated heterocycles. The van der Waals surface area contributed by atoms with Gasteiger partial charge in [0, 0.05) is 12.5 Å². The van der Waals surface area contributed by atoms with E-state index in [0.717, 1.165) is 10.9 Å². The Labute approximate surface area is 107 Å². The van der Waals surface area contributed by atoms with Crippen LogP contribution in [0.5, 0.6) is 0 Å². The van der Waals surface area contributed by atoms with Gasteiger partial charge in [-0.2, -0.15) is 0 Å². The summed E-state index contributed by atoms with van der Waals surface area (Å²) in [5, 5.41) is 2.32. The van der Waals surface area contributed by atoms with Crippen molar-refractivity contribution in [2.45, 2.75) is 18.9 Å². The van der Waals surface area contributed by atoms with Crippen LogP contribution in [0.25, 0.3) is 10.8 Å². The topological polar surface area (TPSA) is 52.3 Å². The quantitative estimate of drug-likeness (QED) is 0.840. The number of esters is 1. The average Bonchev–Trinajstić information content (AvgIpc) is 2.43. The Bertz CT molecular complexity index is 546. The highest BCUT2D eigenvalue weighted by molar-refractivity contribution is 5.86. The molecule has 2 rings (SSSR count). The fourth-order valence-corrected chi connectivity index (χ4v) is 2.10. The highest BCUT2D eigenvalue weighted by Crippen LogP contribution is 2.25. The molecule has 1 atom stereocenters. The molecule has 3 nitrogen and oxygen atoms in total. The van der Waals surface area contributed by atoms with E-state index in [1.165, 1.54) is 12.5 Å². The first-order chi connectivity index (χ1) is 8.72. The Morgan fingerprint density at radius 2 is 1.94 bits per heavy atom. The lowest BCUT2D eigenvalue weighted by molar-refractivity contribution is -0.140. The lowest BCUT2D eigenvalue weighted by Gasteiger charge is -2.14. The standard InChI is InChI=1S/C15H17NO2/c1-18-15(17)10-9-14(16)13-8-4-6-11-5-2-3-7-12(11)13/h2-8,14H,9-10,16H2,1H3. The molecule has 0 amide bonds. The maximum atomic E-state index is 11.1. The Morgan fingerprint density at radius 3 is 2.72 bits per heavy atom. The molecule has 94 valence electrons. The van der Waals surface area contributed by atoms with Crippen LogP contribution < -0.4 is 5.73 Å². The Balaban J connectivity index is 2.22. The predicted molar refractivity (Wildman–Crippen MR) is 72.1 cm³/mol. The maximum absolute atomic E-state index is 11.1. The molecule has 0 aliphatic rings. The van der Waals surface area contributed by atoms with Gasteiger partial charge in [0.05, 0.1) is 7.11 Å². The van der Waals surface area contributed by atoms with Gasteiger partial charge in [0.25, 0.3) is 0 Å². The number of nitrogens with two attached hydrogens (primary N) is 1. The molecule has 1 unspecified atom stereocenters. The van der Waals surface area contributed by atoms with Crippen molar-refractivity contribution >= 4 is 16.7 Å². The third-order valence-corrected chi connectivity index (χ3v) is 3.11. The molecule has 0 radical (unpaired) electrons. The maximum Gasteiger partial charge on any atom is 0.305 e. The third-order valence-electron chi connectivity index (χ3n) is 3.11. The first-order valence-electron chi connectivity index (χ1n) is 6.02. The lowest BCUT2D eigenvalue weighted by atomic mass is 9.96. The van der Waals surface area contributed by atoms with E-state index in [9.17, 15) is 4.79 Å². The van der Waals surface area contributed by atoms with E-state index >= 15 is 0 Å². The average molecular weight is 243 g/mol. The Morgan fingerprint density at radius 1 is 1.22 bits per heavy atom. The minimum atomic E-state index is -0.217. The second kappa shape index (κ2) is 5.65. The van der Waals surface area contributed by atoms with Gasteiger partial charge in [-0.1, -0.05) is 42.5 Å². The number of carbonyl (C=O) groups excluding carboxylic acids is 1. The van der Waals surface area contributed by atoms with Crippen LogP contribution in [0.1, 0.15) is 24.4 Å². The molecule has 0 aliphatic carbocycles. The summed E-state index contributed by atoms with van der Waals surface area (Å²) in [5.74, 6) is -0.217. The summed E-state index contributed by atoms with van der Waals surface area (Å²) in [4.78, 5) is 11.1. The molecule has 0 aromatic heterocycles.